The van der Waals surface area contributed by atoms with Crippen LogP contribution in [-0.4, -0.2) is 10.7 Å². The SMILES string of the molecule is CC(CBr)(CBr)Cc1ccc(F)c(F)c1. The predicted octanol–water partition coefficient (Wildman–Crippen LogP) is 4.30. The molecule has 0 saturated heterocycles. The molecule has 0 atom stereocenters. The Morgan fingerprint density at radius 2 is 1.73 bits per heavy atom. The molecule has 1 rings (SSSR count). The second-order valence-corrected chi connectivity index (χ2v) is 5.12. The molecule has 0 aliphatic heterocycles. The molecule has 4 heteroatoms. The van der Waals surface area contributed by atoms with Crippen molar-refractivity contribution >= 4 is 31.9 Å². The number of rotatable bonds is 4. The average Bonchev–Trinajstić information content (AvgIpc) is 2.23. The second-order valence-electron chi connectivity index (χ2n) is 4.00. The molecule has 0 radical (unpaired) electrons. The van der Waals surface area contributed by atoms with Gasteiger partial charge >= 0.3 is 0 Å². The van der Waals surface area contributed by atoms with E-state index < -0.39 is 11.6 Å². The average molecular weight is 342 g/mol. The van der Waals surface area contributed by atoms with Gasteiger partial charge in [0.05, 0.1) is 0 Å². The lowest BCUT2D eigenvalue weighted by molar-refractivity contribution is 0.435. The summed E-state index contributed by atoms with van der Waals surface area (Å²) in [6, 6.07) is 4.06. The molecule has 0 nitrogen and oxygen atoms in total. The smallest absolute Gasteiger partial charge is 0.159 e. The zero-order valence-electron chi connectivity index (χ0n) is 8.37. The second kappa shape index (κ2) is 5.39. The Morgan fingerprint density at radius 3 is 2.20 bits per heavy atom. The molecule has 15 heavy (non-hydrogen) atoms. The topological polar surface area (TPSA) is 0 Å². The maximum Gasteiger partial charge on any atom is 0.159 e. The summed E-state index contributed by atoms with van der Waals surface area (Å²) in [5.41, 5.74) is 0.833. The van der Waals surface area contributed by atoms with Crippen molar-refractivity contribution in [3.05, 3.63) is 35.4 Å². The van der Waals surface area contributed by atoms with Crippen molar-refractivity contribution in [2.75, 3.05) is 10.7 Å². The standard InChI is InChI=1S/C11H12Br2F2/c1-11(6-12,7-13)5-8-2-3-9(14)10(15)4-8/h2-4H,5-7H2,1H3. The molecule has 0 aromatic heterocycles. The summed E-state index contributed by atoms with van der Waals surface area (Å²) in [6.45, 7) is 2.08. The van der Waals surface area contributed by atoms with Gasteiger partial charge in [0.1, 0.15) is 0 Å². The van der Waals surface area contributed by atoms with Crippen LogP contribution in [0.4, 0.5) is 8.78 Å². The van der Waals surface area contributed by atoms with E-state index in [9.17, 15) is 8.78 Å². The van der Waals surface area contributed by atoms with Gasteiger partial charge in [-0.15, -0.1) is 0 Å². The molecule has 0 unspecified atom stereocenters. The van der Waals surface area contributed by atoms with Crippen LogP contribution in [0.3, 0.4) is 0 Å². The summed E-state index contributed by atoms with van der Waals surface area (Å²) in [5.74, 6) is -1.57. The van der Waals surface area contributed by atoms with Gasteiger partial charge in [0.25, 0.3) is 0 Å². The van der Waals surface area contributed by atoms with Gasteiger partial charge in [-0.2, -0.15) is 0 Å². The van der Waals surface area contributed by atoms with Crippen LogP contribution in [0.5, 0.6) is 0 Å². The normalized spacial score (nSPS) is 11.8. The minimum absolute atomic E-state index is 0.0181. The van der Waals surface area contributed by atoms with Gasteiger partial charge in [0, 0.05) is 10.7 Å². The quantitative estimate of drug-likeness (QED) is 0.716. The molecule has 1 aromatic carbocycles. The Balaban J connectivity index is 2.85. The van der Waals surface area contributed by atoms with Crippen LogP contribution in [0.1, 0.15) is 12.5 Å². The molecule has 84 valence electrons. The first-order chi connectivity index (χ1) is 7.00. The molecule has 0 N–H and O–H groups in total. The molecule has 0 fully saturated rings. The first kappa shape index (κ1) is 13.1. The fraction of sp³-hybridized carbons (Fsp3) is 0.455. The Morgan fingerprint density at radius 1 is 1.13 bits per heavy atom. The van der Waals surface area contributed by atoms with Gasteiger partial charge in [0.15, 0.2) is 11.6 Å². The van der Waals surface area contributed by atoms with E-state index in [2.05, 4.69) is 38.8 Å². The first-order valence-corrected chi connectivity index (χ1v) is 6.81. The van der Waals surface area contributed by atoms with Crippen LogP contribution < -0.4 is 0 Å². The molecule has 0 spiro atoms. The Bertz CT molecular complexity index is 335. The number of hydrogen-bond acceptors (Lipinski definition) is 0. The Hall–Kier alpha value is 0.0400. The van der Waals surface area contributed by atoms with E-state index in [0.717, 1.165) is 16.2 Å². The van der Waals surface area contributed by atoms with E-state index in [-0.39, 0.29) is 5.41 Å². The van der Waals surface area contributed by atoms with E-state index in [0.29, 0.717) is 6.42 Å². The summed E-state index contributed by atoms with van der Waals surface area (Å²) in [6.07, 6.45) is 0.709. The van der Waals surface area contributed by atoms with Crippen LogP contribution in [0.15, 0.2) is 18.2 Å². The monoisotopic (exact) mass is 340 g/mol. The van der Waals surface area contributed by atoms with E-state index in [1.54, 1.807) is 6.07 Å². The van der Waals surface area contributed by atoms with Crippen molar-refractivity contribution in [2.45, 2.75) is 13.3 Å². The third-order valence-corrected chi connectivity index (χ3v) is 4.97. The van der Waals surface area contributed by atoms with Crippen LogP contribution in [0.2, 0.25) is 0 Å². The molecule has 0 aliphatic carbocycles. The zero-order valence-corrected chi connectivity index (χ0v) is 11.5. The highest BCUT2D eigenvalue weighted by atomic mass is 79.9. The fourth-order valence-electron chi connectivity index (χ4n) is 1.27. The van der Waals surface area contributed by atoms with Crippen molar-refractivity contribution in [3.8, 4) is 0 Å². The van der Waals surface area contributed by atoms with Gasteiger partial charge in [-0.1, -0.05) is 44.8 Å². The fourth-order valence-corrected chi connectivity index (χ4v) is 2.60. The van der Waals surface area contributed by atoms with Crippen molar-refractivity contribution in [1.29, 1.82) is 0 Å². The molecule has 1 aromatic rings. The van der Waals surface area contributed by atoms with Gasteiger partial charge in [-0.3, -0.25) is 0 Å². The zero-order chi connectivity index (χ0) is 11.5. The molecule has 0 heterocycles. The third-order valence-electron chi connectivity index (χ3n) is 2.26. The van der Waals surface area contributed by atoms with Gasteiger partial charge in [0.2, 0.25) is 0 Å². The predicted molar refractivity (Wildman–Crippen MR) is 65.8 cm³/mol. The van der Waals surface area contributed by atoms with E-state index in [1.165, 1.54) is 12.1 Å². The molecule has 0 amide bonds. The number of halogens is 4. The number of hydrogen-bond donors (Lipinski definition) is 0. The van der Waals surface area contributed by atoms with Crippen molar-refractivity contribution < 1.29 is 8.78 Å². The van der Waals surface area contributed by atoms with E-state index in [4.69, 9.17) is 0 Å². The summed E-state index contributed by atoms with van der Waals surface area (Å²) >= 11 is 6.85. The van der Waals surface area contributed by atoms with Crippen molar-refractivity contribution in [2.24, 2.45) is 5.41 Å². The van der Waals surface area contributed by atoms with Crippen LogP contribution in [-0.2, 0) is 6.42 Å². The molecule has 0 aliphatic rings. The number of alkyl halides is 2. The van der Waals surface area contributed by atoms with Gasteiger partial charge < -0.3 is 0 Å². The molecular formula is C11H12Br2F2. The maximum atomic E-state index is 13.0. The Labute approximate surface area is 105 Å². The summed E-state index contributed by atoms with van der Waals surface area (Å²) in [7, 11) is 0. The van der Waals surface area contributed by atoms with Crippen molar-refractivity contribution in [1.82, 2.24) is 0 Å². The van der Waals surface area contributed by atoms with Gasteiger partial charge in [-0.05, 0) is 29.5 Å². The lowest BCUT2D eigenvalue weighted by Gasteiger charge is -2.24. The highest BCUT2D eigenvalue weighted by molar-refractivity contribution is 9.09. The highest BCUT2D eigenvalue weighted by Gasteiger charge is 2.22. The van der Waals surface area contributed by atoms with Crippen LogP contribution >= 0.6 is 31.9 Å². The highest BCUT2D eigenvalue weighted by Crippen LogP contribution is 2.27. The third kappa shape index (κ3) is 3.52. The van der Waals surface area contributed by atoms with Crippen LogP contribution in [0, 0.1) is 17.0 Å². The van der Waals surface area contributed by atoms with Crippen molar-refractivity contribution in [3.63, 3.8) is 0 Å². The van der Waals surface area contributed by atoms with E-state index >= 15 is 0 Å². The Kier molecular flexibility index (Phi) is 4.71. The minimum atomic E-state index is -0.793. The van der Waals surface area contributed by atoms with Gasteiger partial charge in [-0.25, -0.2) is 8.78 Å². The summed E-state index contributed by atoms with van der Waals surface area (Å²) in [4.78, 5) is 0. The van der Waals surface area contributed by atoms with E-state index in [1.807, 2.05) is 0 Å². The largest absolute Gasteiger partial charge is 0.204 e. The lowest BCUT2D eigenvalue weighted by atomic mass is 9.88. The molecule has 0 saturated carbocycles. The summed E-state index contributed by atoms with van der Waals surface area (Å²) < 4.78 is 25.7. The molecule has 0 bridgehead atoms. The van der Waals surface area contributed by atoms with Crippen LogP contribution in [0.25, 0.3) is 0 Å². The lowest BCUT2D eigenvalue weighted by Crippen LogP contribution is -2.23. The first-order valence-electron chi connectivity index (χ1n) is 4.56. The summed E-state index contributed by atoms with van der Waals surface area (Å²) in [5, 5.41) is 1.62. The molecular weight excluding hydrogens is 330 g/mol. The number of benzene rings is 1. The maximum absolute atomic E-state index is 13.0. The minimum Gasteiger partial charge on any atom is -0.204 e.